The molecular weight excluding hydrogens is 202 g/mol. The summed E-state index contributed by atoms with van der Waals surface area (Å²) in [6.07, 6.45) is 3.95. The van der Waals surface area contributed by atoms with E-state index in [1.54, 1.807) is 0 Å². The predicted octanol–water partition coefficient (Wildman–Crippen LogP) is 1.14. The van der Waals surface area contributed by atoms with E-state index in [0.717, 1.165) is 45.3 Å². The lowest BCUT2D eigenvalue weighted by molar-refractivity contribution is -0.122. The molecule has 90 valence electrons. The van der Waals surface area contributed by atoms with Gasteiger partial charge in [0.05, 0.1) is 12.6 Å². The van der Waals surface area contributed by atoms with E-state index in [4.69, 9.17) is 5.26 Å². The minimum Gasteiger partial charge on any atom is -0.355 e. The molecule has 1 N–H and O–H groups in total. The minimum absolute atomic E-state index is 0.115. The standard InChI is InChI=1S/C12H21N3O/c1-2-3-6-14-12(16)10-15-7-4-11(9-13)5-8-15/h11H,2-8,10H2,1H3,(H,14,16). The molecule has 0 spiro atoms. The van der Waals surface area contributed by atoms with Crippen molar-refractivity contribution in [3.05, 3.63) is 0 Å². The number of nitrogens with one attached hydrogen (secondary N) is 1. The molecule has 16 heavy (non-hydrogen) atoms. The number of rotatable bonds is 5. The largest absolute Gasteiger partial charge is 0.355 e. The topological polar surface area (TPSA) is 56.1 Å². The molecule has 0 aromatic carbocycles. The molecule has 0 radical (unpaired) electrons. The molecule has 0 atom stereocenters. The van der Waals surface area contributed by atoms with Gasteiger partial charge in [0.2, 0.25) is 5.91 Å². The molecule has 1 amide bonds. The number of unbranched alkanes of at least 4 members (excludes halogenated alkanes) is 1. The van der Waals surface area contributed by atoms with E-state index in [1.165, 1.54) is 0 Å². The van der Waals surface area contributed by atoms with Gasteiger partial charge in [0, 0.05) is 12.5 Å². The van der Waals surface area contributed by atoms with Gasteiger partial charge in [0.25, 0.3) is 0 Å². The van der Waals surface area contributed by atoms with Crippen LogP contribution in [0.4, 0.5) is 0 Å². The van der Waals surface area contributed by atoms with Crippen molar-refractivity contribution >= 4 is 5.91 Å². The molecule has 1 fully saturated rings. The van der Waals surface area contributed by atoms with E-state index >= 15 is 0 Å². The summed E-state index contributed by atoms with van der Waals surface area (Å²) in [5, 5.41) is 11.7. The van der Waals surface area contributed by atoms with Crippen LogP contribution in [-0.2, 0) is 4.79 Å². The third-order valence-electron chi connectivity index (χ3n) is 2.99. The maximum atomic E-state index is 11.5. The van der Waals surface area contributed by atoms with Crippen molar-refractivity contribution in [1.82, 2.24) is 10.2 Å². The van der Waals surface area contributed by atoms with E-state index in [1.807, 2.05) is 0 Å². The molecule has 0 unspecified atom stereocenters. The average molecular weight is 223 g/mol. The van der Waals surface area contributed by atoms with Gasteiger partial charge in [-0.3, -0.25) is 9.69 Å². The van der Waals surface area contributed by atoms with Crippen LogP contribution in [0, 0.1) is 17.2 Å². The number of carbonyl (C=O) groups excluding carboxylic acids is 1. The third kappa shape index (κ3) is 4.63. The minimum atomic E-state index is 0.115. The molecule has 0 aromatic rings. The van der Waals surface area contributed by atoms with Crippen LogP contribution < -0.4 is 5.32 Å². The summed E-state index contributed by atoms with van der Waals surface area (Å²) in [6.45, 7) is 5.13. The molecule has 4 nitrogen and oxygen atoms in total. The molecule has 0 aromatic heterocycles. The van der Waals surface area contributed by atoms with E-state index < -0.39 is 0 Å². The maximum Gasteiger partial charge on any atom is 0.234 e. The van der Waals surface area contributed by atoms with Crippen LogP contribution >= 0.6 is 0 Å². The fourth-order valence-electron chi connectivity index (χ4n) is 1.88. The van der Waals surface area contributed by atoms with Gasteiger partial charge in [-0.15, -0.1) is 0 Å². The Morgan fingerprint density at radius 1 is 1.50 bits per heavy atom. The fraction of sp³-hybridized carbons (Fsp3) is 0.833. The zero-order valence-corrected chi connectivity index (χ0v) is 10.0. The lowest BCUT2D eigenvalue weighted by Crippen LogP contribution is -2.41. The van der Waals surface area contributed by atoms with E-state index in [9.17, 15) is 4.79 Å². The first-order valence-corrected chi connectivity index (χ1v) is 6.15. The lowest BCUT2D eigenvalue weighted by Gasteiger charge is -2.28. The molecule has 1 aliphatic rings. The summed E-state index contributed by atoms with van der Waals surface area (Å²) in [6, 6.07) is 2.29. The zero-order valence-electron chi connectivity index (χ0n) is 10.0. The SMILES string of the molecule is CCCCNC(=O)CN1CCC(C#N)CC1. The molecule has 1 saturated heterocycles. The van der Waals surface area contributed by atoms with Crippen LogP contribution in [0.1, 0.15) is 32.6 Å². The molecule has 1 rings (SSSR count). The summed E-state index contributed by atoms with van der Waals surface area (Å²) in [7, 11) is 0. The molecule has 1 aliphatic heterocycles. The quantitative estimate of drug-likeness (QED) is 0.711. The highest BCUT2D eigenvalue weighted by molar-refractivity contribution is 5.77. The van der Waals surface area contributed by atoms with Crippen molar-refractivity contribution in [1.29, 1.82) is 5.26 Å². The van der Waals surface area contributed by atoms with Crippen molar-refractivity contribution in [3.63, 3.8) is 0 Å². The van der Waals surface area contributed by atoms with Gasteiger partial charge in [-0.2, -0.15) is 5.26 Å². The highest BCUT2D eigenvalue weighted by atomic mass is 16.2. The molecule has 0 aliphatic carbocycles. The van der Waals surface area contributed by atoms with Crippen molar-refractivity contribution in [2.75, 3.05) is 26.2 Å². The number of piperidine rings is 1. The normalized spacial score (nSPS) is 18.0. The molecule has 1 heterocycles. The zero-order chi connectivity index (χ0) is 11.8. The van der Waals surface area contributed by atoms with Crippen molar-refractivity contribution in [3.8, 4) is 6.07 Å². The Balaban J connectivity index is 2.13. The van der Waals surface area contributed by atoms with Gasteiger partial charge in [-0.25, -0.2) is 0 Å². The van der Waals surface area contributed by atoms with Gasteiger partial charge >= 0.3 is 0 Å². The first kappa shape index (κ1) is 13.0. The third-order valence-corrected chi connectivity index (χ3v) is 2.99. The highest BCUT2D eigenvalue weighted by Crippen LogP contribution is 2.15. The van der Waals surface area contributed by atoms with Crippen LogP contribution in [0.25, 0.3) is 0 Å². The Labute approximate surface area is 97.6 Å². The van der Waals surface area contributed by atoms with Crippen molar-refractivity contribution in [2.45, 2.75) is 32.6 Å². The van der Waals surface area contributed by atoms with Gasteiger partial charge in [0.1, 0.15) is 0 Å². The van der Waals surface area contributed by atoms with Gasteiger partial charge in [-0.05, 0) is 32.4 Å². The van der Waals surface area contributed by atoms with Crippen molar-refractivity contribution < 1.29 is 4.79 Å². The van der Waals surface area contributed by atoms with Gasteiger partial charge in [0.15, 0.2) is 0 Å². The first-order chi connectivity index (χ1) is 7.76. The molecule has 0 saturated carbocycles. The second-order valence-electron chi connectivity index (χ2n) is 4.38. The number of nitriles is 1. The van der Waals surface area contributed by atoms with Crippen LogP contribution in [0.15, 0.2) is 0 Å². The van der Waals surface area contributed by atoms with Crippen LogP contribution in [0.2, 0.25) is 0 Å². The summed E-state index contributed by atoms with van der Waals surface area (Å²) in [5.74, 6) is 0.309. The monoisotopic (exact) mass is 223 g/mol. The number of carbonyl (C=O) groups is 1. The number of hydrogen-bond donors (Lipinski definition) is 1. The number of hydrogen-bond acceptors (Lipinski definition) is 3. The Morgan fingerprint density at radius 3 is 2.75 bits per heavy atom. The summed E-state index contributed by atoms with van der Waals surface area (Å²) in [4.78, 5) is 13.7. The number of amides is 1. The highest BCUT2D eigenvalue weighted by Gasteiger charge is 2.19. The Kier molecular flexibility index (Phi) is 5.87. The lowest BCUT2D eigenvalue weighted by atomic mass is 9.99. The van der Waals surface area contributed by atoms with Crippen LogP contribution in [-0.4, -0.2) is 37.0 Å². The molecule has 0 bridgehead atoms. The van der Waals surface area contributed by atoms with E-state index in [2.05, 4.69) is 23.2 Å². The summed E-state index contributed by atoms with van der Waals surface area (Å²) in [5.41, 5.74) is 0. The Hall–Kier alpha value is -1.08. The smallest absolute Gasteiger partial charge is 0.234 e. The number of likely N-dealkylation sites (tertiary alicyclic amines) is 1. The first-order valence-electron chi connectivity index (χ1n) is 6.15. The van der Waals surface area contributed by atoms with Gasteiger partial charge in [-0.1, -0.05) is 13.3 Å². The molecule has 4 heteroatoms. The van der Waals surface area contributed by atoms with E-state index in [-0.39, 0.29) is 11.8 Å². The Morgan fingerprint density at radius 2 is 2.19 bits per heavy atom. The number of nitrogens with zero attached hydrogens (tertiary/aromatic N) is 2. The second kappa shape index (κ2) is 7.24. The fourth-order valence-corrected chi connectivity index (χ4v) is 1.88. The average Bonchev–Trinajstić information content (AvgIpc) is 2.30. The van der Waals surface area contributed by atoms with Gasteiger partial charge < -0.3 is 5.32 Å². The van der Waals surface area contributed by atoms with E-state index in [0.29, 0.717) is 6.54 Å². The van der Waals surface area contributed by atoms with Crippen LogP contribution in [0.3, 0.4) is 0 Å². The van der Waals surface area contributed by atoms with Crippen LogP contribution in [0.5, 0.6) is 0 Å². The Bertz CT molecular complexity index is 251. The molecular formula is C12H21N3O. The summed E-state index contributed by atoms with van der Waals surface area (Å²) >= 11 is 0. The maximum absolute atomic E-state index is 11.5. The van der Waals surface area contributed by atoms with Crippen molar-refractivity contribution in [2.24, 2.45) is 5.92 Å². The summed E-state index contributed by atoms with van der Waals surface area (Å²) < 4.78 is 0. The predicted molar refractivity (Wildman–Crippen MR) is 62.7 cm³/mol. The second-order valence-corrected chi connectivity index (χ2v) is 4.38.